The predicted molar refractivity (Wildman–Crippen MR) is 83.8 cm³/mol. The van der Waals surface area contributed by atoms with E-state index in [-0.39, 0.29) is 19.4 Å². The summed E-state index contributed by atoms with van der Waals surface area (Å²) >= 11 is 0. The summed E-state index contributed by atoms with van der Waals surface area (Å²) in [6.07, 6.45) is 6.67. The Balaban J connectivity index is 1.89. The van der Waals surface area contributed by atoms with Crippen LogP contribution in [0.4, 0.5) is 0 Å². The maximum atomic E-state index is 10.1. The molecule has 1 heterocycles. The minimum Gasteiger partial charge on any atom is -0.494 e. The molecule has 1 aliphatic heterocycles. The van der Waals surface area contributed by atoms with Crippen molar-refractivity contribution < 1.29 is 19.0 Å². The lowest BCUT2D eigenvalue weighted by molar-refractivity contribution is 0.116. The first kappa shape index (κ1) is 15.9. The lowest BCUT2D eigenvalue weighted by atomic mass is 10.1. The lowest BCUT2D eigenvalue weighted by Gasteiger charge is -2.22. The van der Waals surface area contributed by atoms with Crippen molar-refractivity contribution in [2.24, 2.45) is 0 Å². The lowest BCUT2D eigenvalue weighted by Crippen LogP contribution is -2.30. The Bertz CT molecular complexity index is 588. The zero-order valence-corrected chi connectivity index (χ0v) is 12.5. The highest BCUT2D eigenvalue weighted by Gasteiger charge is 2.12. The summed E-state index contributed by atoms with van der Waals surface area (Å²) in [7, 11) is 0. The minimum absolute atomic E-state index is 0.209. The molecule has 0 fully saturated rings. The number of benzene rings is 1. The van der Waals surface area contributed by atoms with Gasteiger partial charge in [-0.2, -0.15) is 0 Å². The van der Waals surface area contributed by atoms with Crippen LogP contribution in [-0.4, -0.2) is 32.0 Å². The van der Waals surface area contributed by atoms with Gasteiger partial charge in [-0.25, -0.2) is 4.79 Å². The number of hydrogen-bond acceptors (Lipinski definition) is 5. The van der Waals surface area contributed by atoms with Crippen LogP contribution in [0.1, 0.15) is 12.5 Å². The van der Waals surface area contributed by atoms with Crippen LogP contribution in [0, 0.1) is 0 Å². The highest BCUT2D eigenvalue weighted by molar-refractivity contribution is 5.59. The van der Waals surface area contributed by atoms with E-state index in [4.69, 9.17) is 14.2 Å². The van der Waals surface area contributed by atoms with Crippen LogP contribution in [0.15, 0.2) is 48.4 Å². The molecule has 1 atom stereocenters. The molecule has 5 nitrogen and oxygen atoms in total. The van der Waals surface area contributed by atoms with Gasteiger partial charge in [-0.05, 0) is 25.1 Å². The highest BCUT2D eigenvalue weighted by Crippen LogP contribution is 2.24. The molecule has 1 aliphatic rings. The zero-order chi connectivity index (χ0) is 15.6. The molecule has 0 radical (unpaired) electrons. The molecule has 0 spiro atoms. The van der Waals surface area contributed by atoms with E-state index >= 15 is 0 Å². The summed E-state index contributed by atoms with van der Waals surface area (Å²) in [5.41, 5.74) is 1.05. The van der Waals surface area contributed by atoms with Crippen molar-refractivity contribution in [2.75, 3.05) is 19.8 Å². The van der Waals surface area contributed by atoms with Crippen molar-refractivity contribution in [3.05, 3.63) is 53.9 Å². The molecule has 0 saturated heterocycles. The molecule has 1 aromatic carbocycles. The topological polar surface area (TPSA) is 56.8 Å². The van der Waals surface area contributed by atoms with E-state index in [1.165, 1.54) is 6.08 Å². The van der Waals surface area contributed by atoms with E-state index in [0.717, 1.165) is 11.3 Å². The SMILES string of the molecule is CCO/C(=C/NC1C=Cc2ccccc2O1)COCC=C=O. The minimum atomic E-state index is -0.264. The summed E-state index contributed by atoms with van der Waals surface area (Å²) in [5, 5.41) is 3.12. The van der Waals surface area contributed by atoms with Crippen LogP contribution in [0.5, 0.6) is 5.75 Å². The molecule has 2 rings (SSSR count). The van der Waals surface area contributed by atoms with Gasteiger partial charge in [0.1, 0.15) is 24.1 Å². The number of nitrogens with one attached hydrogen (secondary N) is 1. The molecule has 1 aromatic rings. The fourth-order valence-electron chi connectivity index (χ4n) is 1.92. The number of hydrogen-bond donors (Lipinski definition) is 1. The van der Waals surface area contributed by atoms with Gasteiger partial charge in [0, 0.05) is 17.8 Å². The van der Waals surface area contributed by atoms with E-state index in [9.17, 15) is 4.79 Å². The molecule has 1 unspecified atom stereocenters. The molecule has 116 valence electrons. The fraction of sp³-hybridized carbons (Fsp3) is 0.294. The first-order valence-electron chi connectivity index (χ1n) is 7.12. The van der Waals surface area contributed by atoms with E-state index in [1.54, 1.807) is 12.1 Å². The monoisotopic (exact) mass is 301 g/mol. The second-order valence-electron chi connectivity index (χ2n) is 4.48. The second kappa shape index (κ2) is 8.72. The van der Waals surface area contributed by atoms with Gasteiger partial charge in [0.25, 0.3) is 0 Å². The number of para-hydroxylation sites is 1. The molecule has 1 N–H and O–H groups in total. The maximum absolute atomic E-state index is 10.1. The smallest absolute Gasteiger partial charge is 0.189 e. The van der Waals surface area contributed by atoms with Crippen molar-refractivity contribution in [1.29, 1.82) is 0 Å². The summed E-state index contributed by atoms with van der Waals surface area (Å²) in [6, 6.07) is 7.83. The van der Waals surface area contributed by atoms with Crippen molar-refractivity contribution >= 4 is 12.0 Å². The molecule has 22 heavy (non-hydrogen) atoms. The predicted octanol–water partition coefficient (Wildman–Crippen LogP) is 2.29. The van der Waals surface area contributed by atoms with Gasteiger partial charge in [-0.3, -0.25) is 0 Å². The average molecular weight is 301 g/mol. The van der Waals surface area contributed by atoms with Crippen molar-refractivity contribution in [3.63, 3.8) is 0 Å². The Kier molecular flexibility index (Phi) is 6.30. The summed E-state index contributed by atoms with van der Waals surface area (Å²) in [5.74, 6) is 3.13. The second-order valence-corrected chi connectivity index (χ2v) is 4.48. The first-order chi connectivity index (χ1) is 10.8. The molecular weight excluding hydrogens is 282 g/mol. The summed E-state index contributed by atoms with van der Waals surface area (Å²) in [6.45, 7) is 2.91. The van der Waals surface area contributed by atoms with E-state index in [2.05, 4.69) is 5.32 Å². The Labute approximate surface area is 129 Å². The van der Waals surface area contributed by atoms with Crippen LogP contribution < -0.4 is 10.1 Å². The maximum Gasteiger partial charge on any atom is 0.189 e. The van der Waals surface area contributed by atoms with Gasteiger partial charge in [0.05, 0.1) is 13.2 Å². The van der Waals surface area contributed by atoms with Gasteiger partial charge in [-0.15, -0.1) is 0 Å². The third-order valence-electron chi connectivity index (χ3n) is 2.89. The Morgan fingerprint density at radius 1 is 1.45 bits per heavy atom. The van der Waals surface area contributed by atoms with Crippen molar-refractivity contribution in [1.82, 2.24) is 5.32 Å². The molecule has 0 amide bonds. The normalized spacial score (nSPS) is 16.2. The summed E-state index contributed by atoms with van der Waals surface area (Å²) in [4.78, 5) is 10.1. The Morgan fingerprint density at radius 2 is 2.32 bits per heavy atom. The van der Waals surface area contributed by atoms with Crippen molar-refractivity contribution in [2.45, 2.75) is 13.2 Å². The molecule has 0 saturated carbocycles. The Morgan fingerprint density at radius 3 is 3.14 bits per heavy atom. The van der Waals surface area contributed by atoms with Gasteiger partial charge < -0.3 is 19.5 Å². The third-order valence-corrected chi connectivity index (χ3v) is 2.89. The largest absolute Gasteiger partial charge is 0.494 e. The third kappa shape index (κ3) is 4.81. The molecule has 0 bridgehead atoms. The average Bonchev–Trinajstić information content (AvgIpc) is 2.56. The van der Waals surface area contributed by atoms with Crippen molar-refractivity contribution in [3.8, 4) is 5.75 Å². The number of fused-ring (bicyclic) bond motifs is 1. The highest BCUT2D eigenvalue weighted by atomic mass is 16.5. The van der Waals surface area contributed by atoms with Crippen LogP contribution in [0.25, 0.3) is 6.08 Å². The van der Waals surface area contributed by atoms with Gasteiger partial charge >= 0.3 is 0 Å². The standard InChI is InChI=1S/C17H19NO4/c1-2-21-15(13-20-11-5-10-19)12-18-17-9-8-14-6-3-4-7-16(14)22-17/h3-9,12,17-18H,2,11,13H2,1H3/b15-12+. The Hall–Kier alpha value is -2.49. The van der Waals surface area contributed by atoms with Gasteiger partial charge in [-0.1, -0.05) is 18.2 Å². The number of carbonyl (C=O) groups excluding carboxylic acids is 1. The fourth-order valence-corrected chi connectivity index (χ4v) is 1.92. The molecule has 0 aliphatic carbocycles. The zero-order valence-electron chi connectivity index (χ0n) is 12.5. The quantitative estimate of drug-likeness (QED) is 0.453. The van der Waals surface area contributed by atoms with Crippen LogP contribution in [-0.2, 0) is 14.3 Å². The molecule has 5 heteroatoms. The number of ether oxygens (including phenoxy) is 3. The van der Waals surface area contributed by atoms with E-state index in [0.29, 0.717) is 12.4 Å². The van der Waals surface area contributed by atoms with Gasteiger partial charge in [0.2, 0.25) is 0 Å². The van der Waals surface area contributed by atoms with Crippen LogP contribution >= 0.6 is 0 Å². The van der Waals surface area contributed by atoms with Crippen LogP contribution in [0.3, 0.4) is 0 Å². The summed E-state index contributed by atoms with van der Waals surface area (Å²) < 4.78 is 16.5. The number of rotatable bonds is 8. The first-order valence-corrected chi connectivity index (χ1v) is 7.12. The van der Waals surface area contributed by atoms with E-state index in [1.807, 2.05) is 43.3 Å². The van der Waals surface area contributed by atoms with Gasteiger partial charge in [0.15, 0.2) is 6.23 Å². The molecular formula is C17H19NO4. The molecule has 0 aromatic heterocycles. The van der Waals surface area contributed by atoms with Crippen LogP contribution in [0.2, 0.25) is 0 Å². The van der Waals surface area contributed by atoms with E-state index < -0.39 is 0 Å².